The van der Waals surface area contributed by atoms with E-state index in [1.165, 1.54) is 30.3 Å². The minimum atomic E-state index is -3.81. The molecule has 150 valence electrons. The molecule has 0 unspecified atom stereocenters. The van der Waals surface area contributed by atoms with Crippen molar-refractivity contribution in [3.63, 3.8) is 0 Å². The molecule has 0 saturated carbocycles. The third-order valence-electron chi connectivity index (χ3n) is 4.06. The highest BCUT2D eigenvalue weighted by molar-refractivity contribution is 7.92. The molecule has 0 spiro atoms. The lowest BCUT2D eigenvalue weighted by Crippen LogP contribution is -2.47. The number of amides is 1. The van der Waals surface area contributed by atoms with Gasteiger partial charge in [0.15, 0.2) is 0 Å². The average Bonchev–Trinajstić information content (AvgIpc) is 2.61. The zero-order valence-electron chi connectivity index (χ0n) is 15.5. The Hall–Kier alpha value is -2.65. The predicted octanol–water partition coefficient (Wildman–Crippen LogP) is 3.74. The maximum atomic E-state index is 12.8. The van der Waals surface area contributed by atoms with E-state index in [9.17, 15) is 23.3 Å². The van der Waals surface area contributed by atoms with Gasteiger partial charge in [0.1, 0.15) is 6.04 Å². The summed E-state index contributed by atoms with van der Waals surface area (Å²) < 4.78 is 25.9. The van der Waals surface area contributed by atoms with Crippen LogP contribution in [0.15, 0.2) is 42.5 Å². The number of nitrogens with zero attached hydrogens (tertiary/aromatic N) is 2. The first-order valence-corrected chi connectivity index (χ1v) is 10.6. The molecule has 0 aliphatic rings. The zero-order valence-corrected chi connectivity index (χ0v) is 17.1. The molecule has 10 heteroatoms. The van der Waals surface area contributed by atoms with Gasteiger partial charge in [-0.25, -0.2) is 8.42 Å². The summed E-state index contributed by atoms with van der Waals surface area (Å²) >= 11 is 6.13. The van der Waals surface area contributed by atoms with Gasteiger partial charge in [-0.05, 0) is 37.1 Å². The summed E-state index contributed by atoms with van der Waals surface area (Å²) in [5.41, 5.74) is 1.05. The van der Waals surface area contributed by atoms with E-state index in [-0.39, 0.29) is 23.5 Å². The minimum Gasteiger partial charge on any atom is -0.324 e. The molecule has 0 heterocycles. The first-order chi connectivity index (χ1) is 13.0. The Morgan fingerprint density at radius 2 is 1.96 bits per heavy atom. The van der Waals surface area contributed by atoms with Crippen LogP contribution in [-0.4, -0.2) is 31.5 Å². The molecular weight excluding hydrogens is 406 g/mol. The van der Waals surface area contributed by atoms with Gasteiger partial charge in [0, 0.05) is 22.8 Å². The van der Waals surface area contributed by atoms with E-state index in [0.717, 1.165) is 16.1 Å². The maximum absolute atomic E-state index is 12.8. The molecule has 1 amide bonds. The van der Waals surface area contributed by atoms with Crippen molar-refractivity contribution in [2.24, 2.45) is 0 Å². The lowest BCUT2D eigenvalue weighted by Gasteiger charge is -2.30. The Bertz CT molecular complexity index is 1010. The van der Waals surface area contributed by atoms with E-state index < -0.39 is 26.9 Å². The van der Waals surface area contributed by atoms with Gasteiger partial charge in [-0.2, -0.15) is 0 Å². The van der Waals surface area contributed by atoms with Crippen molar-refractivity contribution in [2.45, 2.75) is 26.3 Å². The summed E-state index contributed by atoms with van der Waals surface area (Å²) in [5, 5.41) is 13.8. The van der Waals surface area contributed by atoms with Crippen LogP contribution in [0.5, 0.6) is 0 Å². The minimum absolute atomic E-state index is 0.180. The number of non-ortho nitro benzene ring substituents is 1. The first-order valence-electron chi connectivity index (χ1n) is 8.35. The molecule has 0 aliphatic heterocycles. The van der Waals surface area contributed by atoms with E-state index in [2.05, 4.69) is 5.32 Å². The van der Waals surface area contributed by atoms with Gasteiger partial charge in [0.05, 0.1) is 16.9 Å². The maximum Gasteiger partial charge on any atom is 0.271 e. The van der Waals surface area contributed by atoms with Crippen LogP contribution in [0.25, 0.3) is 0 Å². The molecule has 2 rings (SSSR count). The van der Waals surface area contributed by atoms with Gasteiger partial charge >= 0.3 is 0 Å². The van der Waals surface area contributed by atoms with Crippen LogP contribution in [0.4, 0.5) is 17.1 Å². The van der Waals surface area contributed by atoms with Crippen molar-refractivity contribution in [2.75, 3.05) is 15.9 Å². The Kier molecular flexibility index (Phi) is 6.63. The number of benzene rings is 2. The van der Waals surface area contributed by atoms with Crippen LogP contribution in [0, 0.1) is 17.0 Å². The first kappa shape index (κ1) is 21.6. The normalized spacial score (nSPS) is 12.3. The van der Waals surface area contributed by atoms with Crippen LogP contribution >= 0.6 is 11.6 Å². The van der Waals surface area contributed by atoms with Gasteiger partial charge < -0.3 is 5.32 Å². The zero-order chi connectivity index (χ0) is 21.1. The molecule has 0 saturated heterocycles. The molecule has 0 bridgehead atoms. The predicted molar refractivity (Wildman–Crippen MR) is 109 cm³/mol. The molecule has 0 aromatic heterocycles. The molecule has 0 aliphatic carbocycles. The lowest BCUT2D eigenvalue weighted by atomic mass is 10.1. The van der Waals surface area contributed by atoms with Crippen molar-refractivity contribution in [1.29, 1.82) is 0 Å². The van der Waals surface area contributed by atoms with E-state index in [1.807, 2.05) is 0 Å². The summed E-state index contributed by atoms with van der Waals surface area (Å²) in [6.07, 6.45) is 1.18. The molecule has 1 atom stereocenters. The van der Waals surface area contributed by atoms with E-state index in [1.54, 1.807) is 26.0 Å². The molecule has 28 heavy (non-hydrogen) atoms. The molecule has 1 N–H and O–H groups in total. The van der Waals surface area contributed by atoms with E-state index in [4.69, 9.17) is 11.6 Å². The number of nitro groups is 1. The quantitative estimate of drug-likeness (QED) is 0.536. The molecule has 8 nitrogen and oxygen atoms in total. The number of hydrogen-bond acceptors (Lipinski definition) is 5. The second-order valence-electron chi connectivity index (χ2n) is 6.21. The summed E-state index contributed by atoms with van der Waals surface area (Å²) in [5.74, 6) is -0.606. The lowest BCUT2D eigenvalue weighted by molar-refractivity contribution is -0.384. The molecular formula is C18H20ClN3O5S. The number of nitro benzene ring substituents is 1. The molecule has 0 radical (unpaired) electrons. The Balaban J connectivity index is 2.40. The highest BCUT2D eigenvalue weighted by Crippen LogP contribution is 2.28. The van der Waals surface area contributed by atoms with Gasteiger partial charge in [-0.15, -0.1) is 0 Å². The van der Waals surface area contributed by atoms with E-state index >= 15 is 0 Å². The average molecular weight is 426 g/mol. The highest BCUT2D eigenvalue weighted by Gasteiger charge is 2.32. The van der Waals surface area contributed by atoms with Gasteiger partial charge in [-0.1, -0.05) is 30.7 Å². The topological polar surface area (TPSA) is 110 Å². The van der Waals surface area contributed by atoms with Crippen molar-refractivity contribution < 1.29 is 18.1 Å². The Labute approximate surface area is 168 Å². The fourth-order valence-corrected chi connectivity index (χ4v) is 4.08. The van der Waals surface area contributed by atoms with Crippen LogP contribution in [0.3, 0.4) is 0 Å². The second kappa shape index (κ2) is 8.57. The number of nitrogens with one attached hydrogen (secondary N) is 1. The summed E-state index contributed by atoms with van der Waals surface area (Å²) in [7, 11) is -3.81. The SMILES string of the molecule is CC[C@@H](C(=O)Nc1cccc([N+](=O)[O-])c1)N(c1ccc(C)c(Cl)c1)S(C)(=O)=O. The second-order valence-corrected chi connectivity index (χ2v) is 8.48. The van der Waals surface area contributed by atoms with Gasteiger partial charge in [0.2, 0.25) is 15.9 Å². The Morgan fingerprint density at radius 3 is 2.50 bits per heavy atom. The highest BCUT2D eigenvalue weighted by atomic mass is 35.5. The van der Waals surface area contributed by atoms with Gasteiger partial charge in [-0.3, -0.25) is 19.2 Å². The summed E-state index contributed by atoms with van der Waals surface area (Å²) in [6, 6.07) is 9.09. The van der Waals surface area contributed by atoms with Crippen molar-refractivity contribution in [3.05, 3.63) is 63.2 Å². The smallest absolute Gasteiger partial charge is 0.271 e. The number of halogens is 1. The standard InChI is InChI=1S/C18H20ClN3O5S/c1-4-17(18(23)20-13-6-5-7-15(10-13)22(24)25)21(28(3,26)27)14-9-8-12(2)16(19)11-14/h5-11,17H,4H2,1-3H3,(H,20,23)/t17-/m0/s1. The number of sulfonamides is 1. The van der Waals surface area contributed by atoms with Crippen LogP contribution < -0.4 is 9.62 Å². The van der Waals surface area contributed by atoms with Crippen LogP contribution in [-0.2, 0) is 14.8 Å². The van der Waals surface area contributed by atoms with Crippen LogP contribution in [0.1, 0.15) is 18.9 Å². The number of rotatable bonds is 7. The summed E-state index contributed by atoms with van der Waals surface area (Å²) in [6.45, 7) is 3.45. The fraction of sp³-hybridized carbons (Fsp3) is 0.278. The molecule has 2 aromatic carbocycles. The molecule has 0 fully saturated rings. The third-order valence-corrected chi connectivity index (χ3v) is 5.65. The summed E-state index contributed by atoms with van der Waals surface area (Å²) in [4.78, 5) is 23.1. The number of carbonyl (C=O) groups excluding carboxylic acids is 1. The van der Waals surface area contributed by atoms with Crippen molar-refractivity contribution in [1.82, 2.24) is 0 Å². The van der Waals surface area contributed by atoms with Crippen molar-refractivity contribution >= 4 is 44.6 Å². The number of aryl methyl sites for hydroxylation is 1. The monoisotopic (exact) mass is 425 g/mol. The van der Waals surface area contributed by atoms with Crippen molar-refractivity contribution in [3.8, 4) is 0 Å². The van der Waals surface area contributed by atoms with Gasteiger partial charge in [0.25, 0.3) is 5.69 Å². The number of carbonyl (C=O) groups is 1. The fourth-order valence-electron chi connectivity index (χ4n) is 2.70. The Morgan fingerprint density at radius 1 is 1.29 bits per heavy atom. The van der Waals surface area contributed by atoms with E-state index in [0.29, 0.717) is 5.02 Å². The molecule has 2 aromatic rings. The number of anilines is 2. The third kappa shape index (κ3) is 4.99. The number of hydrogen-bond donors (Lipinski definition) is 1. The van der Waals surface area contributed by atoms with Crippen LogP contribution in [0.2, 0.25) is 5.02 Å². The largest absolute Gasteiger partial charge is 0.324 e.